The van der Waals surface area contributed by atoms with Crippen LogP contribution in [0.25, 0.3) is 0 Å². The molecular formula is C14H19NO2. The summed E-state index contributed by atoms with van der Waals surface area (Å²) in [5.41, 5.74) is 0.822. The molecule has 1 N–H and O–H groups in total. The Kier molecular flexibility index (Phi) is 2.96. The van der Waals surface area contributed by atoms with E-state index in [0.29, 0.717) is 12.5 Å². The molecule has 1 amide bonds. The van der Waals surface area contributed by atoms with Crippen LogP contribution in [0.3, 0.4) is 0 Å². The van der Waals surface area contributed by atoms with Crippen molar-refractivity contribution in [2.45, 2.75) is 38.7 Å². The number of fused-ring (bicyclic) bond motifs is 1. The summed E-state index contributed by atoms with van der Waals surface area (Å²) in [5.74, 6) is 0.244. The van der Waals surface area contributed by atoms with Crippen molar-refractivity contribution in [3.8, 4) is 0 Å². The van der Waals surface area contributed by atoms with Gasteiger partial charge in [0.2, 0.25) is 0 Å². The number of carbonyl (C=O) groups is 1. The van der Waals surface area contributed by atoms with Gasteiger partial charge in [0, 0.05) is 12.2 Å². The number of hydrogen-bond acceptors (Lipinski definition) is 2. The second kappa shape index (κ2) is 4.15. The van der Waals surface area contributed by atoms with Gasteiger partial charge in [-0.05, 0) is 37.8 Å². The Bertz CT molecular complexity index is 434. The lowest BCUT2D eigenvalue weighted by molar-refractivity contribution is -0.133. The number of nitrogens with zero attached hydrogens (tertiary/aromatic N) is 1. The first-order valence-corrected chi connectivity index (χ1v) is 6.04. The van der Waals surface area contributed by atoms with E-state index in [1.807, 2.05) is 18.2 Å². The van der Waals surface area contributed by atoms with Crippen LogP contribution in [0.4, 0.5) is 5.69 Å². The van der Waals surface area contributed by atoms with Gasteiger partial charge in [-0.15, -0.1) is 0 Å². The average Bonchev–Trinajstić information content (AvgIpc) is 2.28. The van der Waals surface area contributed by atoms with Gasteiger partial charge in [0.25, 0.3) is 5.91 Å². The minimum absolute atomic E-state index is 0.225. The van der Waals surface area contributed by atoms with E-state index in [1.54, 1.807) is 4.90 Å². The monoisotopic (exact) mass is 233 g/mol. The van der Waals surface area contributed by atoms with Crippen molar-refractivity contribution in [2.24, 2.45) is 0 Å². The van der Waals surface area contributed by atoms with Gasteiger partial charge >= 0.3 is 0 Å². The highest BCUT2D eigenvalue weighted by Crippen LogP contribution is 2.35. The number of carbonyl (C=O) groups excluding carboxylic acids is 1. The van der Waals surface area contributed by atoms with Gasteiger partial charge in [0.05, 0.1) is 0 Å². The normalized spacial score (nSPS) is 20.0. The van der Waals surface area contributed by atoms with Gasteiger partial charge in [-0.25, -0.2) is 0 Å². The Morgan fingerprint density at radius 1 is 1.41 bits per heavy atom. The zero-order valence-electron chi connectivity index (χ0n) is 10.6. The second-order valence-electron chi connectivity index (χ2n) is 5.26. The largest absolute Gasteiger partial charge is 0.381 e. The van der Waals surface area contributed by atoms with E-state index >= 15 is 0 Å². The van der Waals surface area contributed by atoms with Crippen LogP contribution in [-0.4, -0.2) is 23.2 Å². The molecular weight excluding hydrogens is 214 g/mol. The maximum absolute atomic E-state index is 12.2. The van der Waals surface area contributed by atoms with Crippen molar-refractivity contribution < 1.29 is 9.90 Å². The Hall–Kier alpha value is -1.35. The molecule has 1 aromatic rings. The third-order valence-corrected chi connectivity index (χ3v) is 3.31. The molecule has 2 rings (SSSR count). The molecule has 0 radical (unpaired) electrons. The maximum atomic E-state index is 12.2. The summed E-state index contributed by atoms with van der Waals surface area (Å²) in [6.07, 6.45) is 0.943. The van der Waals surface area contributed by atoms with Crippen molar-refractivity contribution in [1.29, 1.82) is 0 Å². The van der Waals surface area contributed by atoms with E-state index in [0.717, 1.165) is 12.1 Å². The third kappa shape index (κ3) is 2.20. The first kappa shape index (κ1) is 12.1. The molecule has 1 heterocycles. The zero-order chi connectivity index (χ0) is 12.6. The molecule has 0 saturated carbocycles. The van der Waals surface area contributed by atoms with Crippen LogP contribution in [0.5, 0.6) is 0 Å². The van der Waals surface area contributed by atoms with Gasteiger partial charge in [-0.2, -0.15) is 0 Å². The van der Waals surface area contributed by atoms with E-state index in [2.05, 4.69) is 13.0 Å². The van der Waals surface area contributed by atoms with Crippen molar-refractivity contribution in [1.82, 2.24) is 0 Å². The van der Waals surface area contributed by atoms with Crippen molar-refractivity contribution in [3.63, 3.8) is 0 Å². The van der Waals surface area contributed by atoms with Crippen LogP contribution in [0, 0.1) is 0 Å². The van der Waals surface area contributed by atoms with Gasteiger partial charge in [-0.3, -0.25) is 4.79 Å². The number of anilines is 1. The highest BCUT2D eigenvalue weighted by Gasteiger charge is 2.33. The molecule has 3 nitrogen and oxygen atoms in total. The van der Waals surface area contributed by atoms with Crippen molar-refractivity contribution in [3.05, 3.63) is 29.8 Å². The molecule has 0 saturated heterocycles. The number of amides is 1. The molecule has 1 atom stereocenters. The first-order valence-electron chi connectivity index (χ1n) is 6.04. The summed E-state index contributed by atoms with van der Waals surface area (Å²) in [4.78, 5) is 13.9. The number of benzene rings is 1. The molecule has 1 aliphatic heterocycles. The lowest BCUT2D eigenvalue weighted by Crippen LogP contribution is -2.47. The highest BCUT2D eigenvalue weighted by atomic mass is 16.3. The standard InChI is InChI=1S/C14H19NO2/c1-10-8-9-15(13(16)14(2,3)17)12-7-5-4-6-11(10)12/h4-7,10,17H,8-9H2,1-3H3. The van der Waals surface area contributed by atoms with E-state index in [4.69, 9.17) is 0 Å². The summed E-state index contributed by atoms with van der Waals surface area (Å²) in [6, 6.07) is 7.94. The number of aliphatic hydroxyl groups is 1. The summed E-state index contributed by atoms with van der Waals surface area (Å²) >= 11 is 0. The summed E-state index contributed by atoms with van der Waals surface area (Å²) in [6.45, 7) is 5.93. The predicted octanol–water partition coefficient (Wildman–Crippen LogP) is 2.30. The lowest BCUT2D eigenvalue weighted by Gasteiger charge is -2.35. The highest BCUT2D eigenvalue weighted by molar-refractivity contribution is 5.99. The summed E-state index contributed by atoms with van der Waals surface area (Å²) in [5, 5.41) is 9.84. The minimum Gasteiger partial charge on any atom is -0.381 e. The molecule has 0 spiro atoms. The van der Waals surface area contributed by atoms with Crippen molar-refractivity contribution in [2.75, 3.05) is 11.4 Å². The van der Waals surface area contributed by atoms with Crippen LogP contribution < -0.4 is 4.90 Å². The van der Waals surface area contributed by atoms with Crippen LogP contribution in [0.1, 0.15) is 38.7 Å². The Labute approximate surface area is 102 Å². The smallest absolute Gasteiger partial charge is 0.258 e. The summed E-state index contributed by atoms with van der Waals surface area (Å²) < 4.78 is 0. The first-order chi connectivity index (χ1) is 7.91. The van der Waals surface area contributed by atoms with E-state index in [9.17, 15) is 9.90 Å². The molecule has 1 aromatic carbocycles. The number of rotatable bonds is 1. The fourth-order valence-electron chi connectivity index (χ4n) is 2.29. The zero-order valence-corrected chi connectivity index (χ0v) is 10.6. The van der Waals surface area contributed by atoms with E-state index < -0.39 is 5.60 Å². The number of hydrogen-bond donors (Lipinski definition) is 1. The molecule has 1 aliphatic rings. The molecule has 1 unspecified atom stereocenters. The Balaban J connectivity index is 2.40. The molecule has 0 aliphatic carbocycles. The Morgan fingerprint density at radius 2 is 2.06 bits per heavy atom. The molecule has 92 valence electrons. The van der Waals surface area contributed by atoms with Crippen LogP contribution in [0.2, 0.25) is 0 Å². The molecule has 17 heavy (non-hydrogen) atoms. The molecule has 3 heteroatoms. The lowest BCUT2D eigenvalue weighted by atomic mass is 9.90. The van der Waals surface area contributed by atoms with Gasteiger partial charge in [0.1, 0.15) is 5.60 Å². The van der Waals surface area contributed by atoms with Crippen LogP contribution >= 0.6 is 0 Å². The van der Waals surface area contributed by atoms with Crippen molar-refractivity contribution >= 4 is 11.6 Å². The second-order valence-corrected chi connectivity index (χ2v) is 5.26. The quantitative estimate of drug-likeness (QED) is 0.808. The number of para-hydroxylation sites is 1. The molecule has 0 fully saturated rings. The third-order valence-electron chi connectivity index (χ3n) is 3.31. The SMILES string of the molecule is CC1CCN(C(=O)C(C)(C)O)c2ccccc21. The van der Waals surface area contributed by atoms with Crippen LogP contribution in [-0.2, 0) is 4.79 Å². The molecule has 0 bridgehead atoms. The van der Waals surface area contributed by atoms with Gasteiger partial charge < -0.3 is 10.0 Å². The van der Waals surface area contributed by atoms with E-state index in [1.165, 1.54) is 19.4 Å². The predicted molar refractivity (Wildman–Crippen MR) is 68.1 cm³/mol. The van der Waals surface area contributed by atoms with E-state index in [-0.39, 0.29) is 5.91 Å². The average molecular weight is 233 g/mol. The van der Waals surface area contributed by atoms with Crippen LogP contribution in [0.15, 0.2) is 24.3 Å². The minimum atomic E-state index is -1.31. The topological polar surface area (TPSA) is 40.5 Å². The fourth-order valence-corrected chi connectivity index (χ4v) is 2.29. The molecule has 0 aromatic heterocycles. The maximum Gasteiger partial charge on any atom is 0.258 e. The Morgan fingerprint density at radius 3 is 2.71 bits per heavy atom. The summed E-state index contributed by atoms with van der Waals surface area (Å²) in [7, 11) is 0. The fraction of sp³-hybridized carbons (Fsp3) is 0.500. The van der Waals surface area contributed by atoms with Gasteiger partial charge in [-0.1, -0.05) is 25.1 Å². The van der Waals surface area contributed by atoms with Gasteiger partial charge in [0.15, 0.2) is 0 Å².